The minimum absolute atomic E-state index is 0.0596. The lowest BCUT2D eigenvalue weighted by molar-refractivity contribution is -0.116. The number of amidine groups is 1. The van der Waals surface area contributed by atoms with Crippen molar-refractivity contribution in [1.29, 1.82) is 0 Å². The molecule has 1 aliphatic heterocycles. The Labute approximate surface area is 136 Å². The Hall–Kier alpha value is -2.05. The summed E-state index contributed by atoms with van der Waals surface area (Å²) in [4.78, 5) is 11.0. The van der Waals surface area contributed by atoms with Crippen LogP contribution < -0.4 is 5.32 Å². The Morgan fingerprint density at radius 3 is 3.00 bits per heavy atom. The number of thioether (sulfide) groups is 1. The van der Waals surface area contributed by atoms with E-state index in [1.807, 2.05) is 31.2 Å². The number of carbonyl (C=O) groups is 1. The van der Waals surface area contributed by atoms with E-state index in [1.54, 1.807) is 6.07 Å². The van der Waals surface area contributed by atoms with Crippen LogP contribution in [0.5, 0.6) is 0 Å². The fourth-order valence-corrected chi connectivity index (χ4v) is 2.76. The van der Waals surface area contributed by atoms with Gasteiger partial charge in [0, 0.05) is 10.6 Å². The molecule has 0 bridgehead atoms. The van der Waals surface area contributed by atoms with Crippen LogP contribution in [0.2, 0.25) is 5.02 Å². The van der Waals surface area contributed by atoms with E-state index >= 15 is 0 Å². The molecule has 1 amide bonds. The number of rotatable bonds is 3. The summed E-state index contributed by atoms with van der Waals surface area (Å²) in [6, 6.07) is 9.34. The third-order valence-corrected chi connectivity index (χ3v) is 4.35. The van der Waals surface area contributed by atoms with E-state index in [4.69, 9.17) is 16.0 Å². The molecule has 0 aliphatic carbocycles. The van der Waals surface area contributed by atoms with Crippen molar-refractivity contribution >= 4 is 40.7 Å². The molecule has 1 N–H and O–H groups in total. The van der Waals surface area contributed by atoms with Gasteiger partial charge in [0.25, 0.3) is 0 Å². The normalized spacial score (nSPS) is 16.6. The molecule has 1 fully saturated rings. The first kappa shape index (κ1) is 14.9. The van der Waals surface area contributed by atoms with E-state index in [0.29, 0.717) is 21.7 Å². The van der Waals surface area contributed by atoms with Crippen molar-refractivity contribution in [3.63, 3.8) is 0 Å². The van der Waals surface area contributed by atoms with Gasteiger partial charge in [0.2, 0.25) is 5.91 Å². The summed E-state index contributed by atoms with van der Waals surface area (Å²) in [5.74, 6) is 1.62. The van der Waals surface area contributed by atoms with Crippen molar-refractivity contribution in [2.45, 2.75) is 6.92 Å². The molecule has 0 radical (unpaired) electrons. The van der Waals surface area contributed by atoms with Gasteiger partial charge in [-0.05, 0) is 30.7 Å². The lowest BCUT2D eigenvalue weighted by atomic mass is 10.1. The summed E-state index contributed by atoms with van der Waals surface area (Å²) in [5.41, 5.74) is 1.91. The van der Waals surface area contributed by atoms with Crippen molar-refractivity contribution in [2.24, 2.45) is 10.2 Å². The van der Waals surface area contributed by atoms with Crippen LogP contribution in [0.25, 0.3) is 11.3 Å². The summed E-state index contributed by atoms with van der Waals surface area (Å²) in [5, 5.41) is 11.6. The molecule has 3 rings (SSSR count). The van der Waals surface area contributed by atoms with Gasteiger partial charge in [-0.15, -0.1) is 5.10 Å². The Balaban J connectivity index is 1.77. The summed E-state index contributed by atoms with van der Waals surface area (Å²) in [6.45, 7) is 1.94. The maximum atomic E-state index is 11.0. The summed E-state index contributed by atoms with van der Waals surface area (Å²) < 4.78 is 5.72. The SMILES string of the molecule is Cc1c(Cl)cccc1-c1ccc(/C=N/N=C2NC(=O)CS2)o1. The van der Waals surface area contributed by atoms with Crippen molar-refractivity contribution in [3.8, 4) is 11.3 Å². The monoisotopic (exact) mass is 333 g/mol. The van der Waals surface area contributed by atoms with Gasteiger partial charge in [-0.25, -0.2) is 0 Å². The highest BCUT2D eigenvalue weighted by Gasteiger charge is 2.16. The van der Waals surface area contributed by atoms with Crippen LogP contribution >= 0.6 is 23.4 Å². The molecule has 0 atom stereocenters. The quantitative estimate of drug-likeness (QED) is 0.691. The number of benzene rings is 1. The molecular formula is C15H12ClN3O2S. The van der Waals surface area contributed by atoms with Crippen LogP contribution in [-0.2, 0) is 4.79 Å². The number of nitrogens with one attached hydrogen (secondary N) is 1. The van der Waals surface area contributed by atoms with E-state index in [9.17, 15) is 4.79 Å². The third-order valence-electron chi connectivity index (χ3n) is 3.08. The van der Waals surface area contributed by atoms with Gasteiger partial charge in [-0.3, -0.25) is 4.79 Å². The van der Waals surface area contributed by atoms with Crippen LogP contribution in [0.3, 0.4) is 0 Å². The van der Waals surface area contributed by atoms with Gasteiger partial charge in [-0.2, -0.15) is 5.10 Å². The number of halogens is 1. The lowest BCUT2D eigenvalue weighted by Gasteiger charge is -2.03. The fraction of sp³-hybridized carbons (Fsp3) is 0.133. The summed E-state index contributed by atoms with van der Waals surface area (Å²) in [6.07, 6.45) is 1.50. The molecule has 1 aromatic heterocycles. The highest BCUT2D eigenvalue weighted by Crippen LogP contribution is 2.29. The standard InChI is InChI=1S/C15H12ClN3O2S/c1-9-11(3-2-4-12(9)16)13-6-5-10(21-13)7-17-19-15-18-14(20)8-22-15/h2-7H,8H2,1H3,(H,18,19,20)/b17-7+. The highest BCUT2D eigenvalue weighted by molar-refractivity contribution is 8.15. The van der Waals surface area contributed by atoms with Gasteiger partial charge in [-0.1, -0.05) is 35.5 Å². The molecule has 0 spiro atoms. The minimum atomic E-state index is -0.0596. The zero-order valence-corrected chi connectivity index (χ0v) is 13.2. The Bertz CT molecular complexity index is 783. The maximum Gasteiger partial charge on any atom is 0.236 e. The second-order valence-electron chi connectivity index (χ2n) is 4.60. The number of amides is 1. The summed E-state index contributed by atoms with van der Waals surface area (Å²) >= 11 is 7.44. The number of hydrogen-bond acceptors (Lipinski definition) is 5. The van der Waals surface area contributed by atoms with Crippen molar-refractivity contribution in [1.82, 2.24) is 5.32 Å². The van der Waals surface area contributed by atoms with Gasteiger partial charge in [0.15, 0.2) is 5.17 Å². The molecule has 112 valence electrons. The average molecular weight is 334 g/mol. The first-order valence-electron chi connectivity index (χ1n) is 6.52. The van der Waals surface area contributed by atoms with Crippen molar-refractivity contribution in [2.75, 3.05) is 5.75 Å². The maximum absolute atomic E-state index is 11.0. The Kier molecular flexibility index (Phi) is 4.31. The lowest BCUT2D eigenvalue weighted by Crippen LogP contribution is -2.19. The highest BCUT2D eigenvalue weighted by atomic mass is 35.5. The second kappa shape index (κ2) is 6.37. The zero-order chi connectivity index (χ0) is 15.5. The topological polar surface area (TPSA) is 67.0 Å². The first-order chi connectivity index (χ1) is 10.6. The second-order valence-corrected chi connectivity index (χ2v) is 5.97. The molecule has 2 aromatic rings. The minimum Gasteiger partial charge on any atom is -0.455 e. The van der Waals surface area contributed by atoms with Crippen LogP contribution in [0.1, 0.15) is 11.3 Å². The molecular weight excluding hydrogens is 322 g/mol. The molecule has 1 aromatic carbocycles. The smallest absolute Gasteiger partial charge is 0.236 e. The number of furan rings is 1. The third kappa shape index (κ3) is 3.23. The molecule has 0 saturated carbocycles. The molecule has 1 aliphatic rings. The van der Waals surface area contributed by atoms with Gasteiger partial charge < -0.3 is 9.73 Å². The molecule has 22 heavy (non-hydrogen) atoms. The van der Waals surface area contributed by atoms with Crippen molar-refractivity contribution in [3.05, 3.63) is 46.7 Å². The van der Waals surface area contributed by atoms with E-state index in [-0.39, 0.29) is 5.91 Å². The van der Waals surface area contributed by atoms with Crippen molar-refractivity contribution < 1.29 is 9.21 Å². The van der Waals surface area contributed by atoms with Crippen LogP contribution in [0, 0.1) is 6.92 Å². The molecule has 5 nitrogen and oxygen atoms in total. The zero-order valence-electron chi connectivity index (χ0n) is 11.7. The fourth-order valence-electron chi connectivity index (χ4n) is 1.96. The predicted molar refractivity (Wildman–Crippen MR) is 89.5 cm³/mol. The van der Waals surface area contributed by atoms with Gasteiger partial charge in [0.05, 0.1) is 12.0 Å². The van der Waals surface area contributed by atoms with Gasteiger partial charge in [0.1, 0.15) is 11.5 Å². The number of nitrogens with zero attached hydrogens (tertiary/aromatic N) is 2. The van der Waals surface area contributed by atoms with Crippen LogP contribution in [0.4, 0.5) is 0 Å². The molecule has 7 heteroatoms. The largest absolute Gasteiger partial charge is 0.455 e. The van der Waals surface area contributed by atoms with Crippen LogP contribution in [0.15, 0.2) is 45.0 Å². The van der Waals surface area contributed by atoms with Gasteiger partial charge >= 0.3 is 0 Å². The summed E-state index contributed by atoms with van der Waals surface area (Å²) in [7, 11) is 0. The van der Waals surface area contributed by atoms with Crippen LogP contribution in [-0.4, -0.2) is 23.0 Å². The number of hydrogen-bond donors (Lipinski definition) is 1. The predicted octanol–water partition coefficient (Wildman–Crippen LogP) is 3.46. The van der Waals surface area contributed by atoms with E-state index in [2.05, 4.69) is 15.5 Å². The Morgan fingerprint density at radius 2 is 2.23 bits per heavy atom. The van der Waals surface area contributed by atoms with E-state index in [0.717, 1.165) is 16.9 Å². The molecule has 1 saturated heterocycles. The Morgan fingerprint density at radius 1 is 1.36 bits per heavy atom. The van der Waals surface area contributed by atoms with E-state index in [1.165, 1.54) is 18.0 Å². The van der Waals surface area contributed by atoms with E-state index < -0.39 is 0 Å². The number of carbonyl (C=O) groups excluding carboxylic acids is 1. The molecule has 2 heterocycles. The first-order valence-corrected chi connectivity index (χ1v) is 7.89. The molecule has 0 unspecified atom stereocenters. The average Bonchev–Trinajstić information content (AvgIpc) is 3.12.